The van der Waals surface area contributed by atoms with E-state index in [2.05, 4.69) is 5.32 Å². The number of carbonyl (C=O) groups is 2. The number of hydrogen-bond donors (Lipinski definition) is 1. The summed E-state index contributed by atoms with van der Waals surface area (Å²) < 4.78 is 13.2. The molecule has 0 aromatic heterocycles. The maximum Gasteiger partial charge on any atom is 0.246 e. The van der Waals surface area contributed by atoms with Crippen molar-refractivity contribution in [2.75, 3.05) is 38.0 Å². The van der Waals surface area contributed by atoms with Crippen molar-refractivity contribution in [3.63, 3.8) is 0 Å². The molecule has 1 aliphatic heterocycles. The van der Waals surface area contributed by atoms with E-state index in [4.69, 9.17) is 11.6 Å². The molecule has 5 nitrogen and oxygen atoms in total. The number of benzene rings is 2. The smallest absolute Gasteiger partial charge is 0.246 e. The van der Waals surface area contributed by atoms with Gasteiger partial charge in [0, 0.05) is 37.9 Å². The van der Waals surface area contributed by atoms with E-state index in [1.54, 1.807) is 17.0 Å². The number of nitrogens with zero attached hydrogens (tertiary/aromatic N) is 2. The van der Waals surface area contributed by atoms with Crippen LogP contribution >= 0.6 is 11.6 Å². The van der Waals surface area contributed by atoms with Crippen LogP contribution in [-0.4, -0.2) is 54.3 Å². The zero-order chi connectivity index (χ0) is 21.7. The minimum Gasteiger partial charge on any atom is -0.337 e. The Morgan fingerprint density at radius 3 is 2.40 bits per heavy atom. The highest BCUT2D eigenvalue weighted by Crippen LogP contribution is 2.19. The molecule has 0 atom stereocenters. The number of carbonyl (C=O) groups excluding carboxylic acids is 2. The van der Waals surface area contributed by atoms with Gasteiger partial charge in [-0.15, -0.1) is 0 Å². The van der Waals surface area contributed by atoms with Gasteiger partial charge < -0.3 is 10.2 Å². The van der Waals surface area contributed by atoms with Crippen molar-refractivity contribution in [3.8, 4) is 0 Å². The van der Waals surface area contributed by atoms with E-state index < -0.39 is 5.82 Å². The molecule has 2 aromatic carbocycles. The summed E-state index contributed by atoms with van der Waals surface area (Å²) in [6.07, 6.45) is 3.09. The molecule has 1 heterocycles. The molecule has 1 saturated heterocycles. The van der Waals surface area contributed by atoms with Crippen LogP contribution in [0.2, 0.25) is 5.02 Å². The van der Waals surface area contributed by atoms with Crippen LogP contribution in [0, 0.1) is 19.7 Å². The van der Waals surface area contributed by atoms with Gasteiger partial charge in [0.25, 0.3) is 0 Å². The Kier molecular flexibility index (Phi) is 7.24. The highest BCUT2D eigenvalue weighted by Gasteiger charge is 2.21. The first-order valence-electron chi connectivity index (χ1n) is 9.84. The van der Waals surface area contributed by atoms with Crippen molar-refractivity contribution in [1.29, 1.82) is 0 Å². The Hall–Kier alpha value is -2.70. The highest BCUT2D eigenvalue weighted by molar-refractivity contribution is 6.30. The molecule has 2 aromatic rings. The standard InChI is InChI=1S/C23H25ClFN3O2/c1-16-4-3-5-17(2)23(16)26-21(29)15-27-10-12-28(13-11-27)22(30)9-7-18-6-8-20(25)19(24)14-18/h3-9,14H,10-13,15H2,1-2H3,(H,26,29)/b9-7+. The monoisotopic (exact) mass is 429 g/mol. The van der Waals surface area contributed by atoms with Gasteiger partial charge in [-0.2, -0.15) is 0 Å². The number of rotatable bonds is 5. The number of aryl methyl sites for hydroxylation is 2. The SMILES string of the molecule is Cc1cccc(C)c1NC(=O)CN1CCN(C(=O)/C=C/c2ccc(F)c(Cl)c2)CC1. The summed E-state index contributed by atoms with van der Waals surface area (Å²) in [6.45, 7) is 6.58. The van der Waals surface area contributed by atoms with E-state index in [0.29, 0.717) is 38.3 Å². The number of halogens is 2. The second-order valence-corrected chi connectivity index (χ2v) is 7.83. The Labute approximate surface area is 181 Å². The first-order valence-corrected chi connectivity index (χ1v) is 10.2. The summed E-state index contributed by atoms with van der Waals surface area (Å²) in [4.78, 5) is 28.6. The number of anilines is 1. The van der Waals surface area contributed by atoms with Crippen LogP contribution in [0.4, 0.5) is 10.1 Å². The van der Waals surface area contributed by atoms with Crippen molar-refractivity contribution >= 4 is 35.2 Å². The lowest BCUT2D eigenvalue weighted by Crippen LogP contribution is -2.50. The van der Waals surface area contributed by atoms with Gasteiger partial charge in [0.2, 0.25) is 11.8 Å². The summed E-state index contributed by atoms with van der Waals surface area (Å²) >= 11 is 5.76. The number of amides is 2. The van der Waals surface area contributed by atoms with Crippen molar-refractivity contribution < 1.29 is 14.0 Å². The lowest BCUT2D eigenvalue weighted by atomic mass is 10.1. The largest absolute Gasteiger partial charge is 0.337 e. The lowest BCUT2D eigenvalue weighted by Gasteiger charge is -2.33. The number of hydrogen-bond acceptors (Lipinski definition) is 3. The van der Waals surface area contributed by atoms with Crippen molar-refractivity contribution in [3.05, 3.63) is 70.0 Å². The predicted octanol–water partition coefficient (Wildman–Crippen LogP) is 3.89. The van der Waals surface area contributed by atoms with Crippen LogP contribution in [-0.2, 0) is 9.59 Å². The van der Waals surface area contributed by atoms with E-state index in [9.17, 15) is 14.0 Å². The van der Waals surface area contributed by atoms with E-state index in [1.807, 2.05) is 36.9 Å². The van der Waals surface area contributed by atoms with Crippen molar-refractivity contribution in [2.24, 2.45) is 0 Å². The summed E-state index contributed by atoms with van der Waals surface area (Å²) in [6, 6.07) is 10.2. The summed E-state index contributed by atoms with van der Waals surface area (Å²) in [5.74, 6) is -0.659. The molecule has 7 heteroatoms. The molecule has 30 heavy (non-hydrogen) atoms. The van der Waals surface area contributed by atoms with Crippen molar-refractivity contribution in [2.45, 2.75) is 13.8 Å². The molecule has 3 rings (SSSR count). The second kappa shape index (κ2) is 9.87. The average Bonchev–Trinajstić information content (AvgIpc) is 2.72. The molecule has 0 spiro atoms. The van der Waals surface area contributed by atoms with Gasteiger partial charge >= 0.3 is 0 Å². The molecular weight excluding hydrogens is 405 g/mol. The van der Waals surface area contributed by atoms with E-state index in [-0.39, 0.29) is 16.8 Å². The Morgan fingerprint density at radius 2 is 1.77 bits per heavy atom. The third-order valence-corrected chi connectivity index (χ3v) is 5.45. The van der Waals surface area contributed by atoms with Gasteiger partial charge in [-0.3, -0.25) is 14.5 Å². The molecule has 0 radical (unpaired) electrons. The zero-order valence-corrected chi connectivity index (χ0v) is 17.9. The van der Waals surface area contributed by atoms with Gasteiger partial charge in [-0.25, -0.2) is 4.39 Å². The van der Waals surface area contributed by atoms with E-state index in [1.165, 1.54) is 18.2 Å². The maximum atomic E-state index is 13.2. The molecule has 0 saturated carbocycles. The molecule has 1 N–H and O–H groups in total. The fourth-order valence-corrected chi connectivity index (χ4v) is 3.60. The molecule has 0 unspecified atom stereocenters. The molecule has 1 aliphatic rings. The minimum absolute atomic E-state index is 0.0254. The Morgan fingerprint density at radius 1 is 1.10 bits per heavy atom. The number of piperazine rings is 1. The zero-order valence-electron chi connectivity index (χ0n) is 17.1. The van der Waals surface area contributed by atoms with E-state index >= 15 is 0 Å². The second-order valence-electron chi connectivity index (χ2n) is 7.42. The molecule has 1 fully saturated rings. The van der Waals surface area contributed by atoms with Gasteiger partial charge in [-0.1, -0.05) is 35.9 Å². The summed E-state index contributed by atoms with van der Waals surface area (Å²) in [7, 11) is 0. The molecule has 2 amide bonds. The minimum atomic E-state index is -0.488. The molecule has 0 aliphatic carbocycles. The summed E-state index contributed by atoms with van der Waals surface area (Å²) in [5.41, 5.74) is 3.60. The van der Waals surface area contributed by atoms with E-state index in [0.717, 1.165) is 16.8 Å². The van der Waals surface area contributed by atoms with Crippen LogP contribution in [0.3, 0.4) is 0 Å². The quantitative estimate of drug-likeness (QED) is 0.733. The van der Waals surface area contributed by atoms with Crippen LogP contribution in [0.5, 0.6) is 0 Å². The Balaban J connectivity index is 1.48. The average molecular weight is 430 g/mol. The van der Waals surface area contributed by atoms with Crippen molar-refractivity contribution in [1.82, 2.24) is 9.80 Å². The molecule has 0 bridgehead atoms. The van der Waals surface area contributed by atoms with Gasteiger partial charge in [0.15, 0.2) is 0 Å². The van der Waals surface area contributed by atoms with Gasteiger partial charge in [0.1, 0.15) is 5.82 Å². The first-order chi connectivity index (χ1) is 14.3. The fraction of sp³-hybridized carbons (Fsp3) is 0.304. The molecule has 158 valence electrons. The highest BCUT2D eigenvalue weighted by atomic mass is 35.5. The van der Waals surface area contributed by atoms with Crippen LogP contribution in [0.15, 0.2) is 42.5 Å². The maximum absolute atomic E-state index is 13.2. The number of para-hydroxylation sites is 1. The third kappa shape index (κ3) is 5.68. The lowest BCUT2D eigenvalue weighted by molar-refractivity contribution is -0.127. The summed E-state index contributed by atoms with van der Waals surface area (Å²) in [5, 5.41) is 3.02. The normalized spacial score (nSPS) is 14.9. The van der Waals surface area contributed by atoms with Crippen LogP contribution in [0.1, 0.15) is 16.7 Å². The Bertz CT molecular complexity index is 949. The van der Waals surface area contributed by atoms with Gasteiger partial charge in [0.05, 0.1) is 11.6 Å². The van der Waals surface area contributed by atoms with Gasteiger partial charge in [-0.05, 0) is 48.7 Å². The number of nitrogens with one attached hydrogen (secondary N) is 1. The fourth-order valence-electron chi connectivity index (χ4n) is 3.41. The third-order valence-electron chi connectivity index (χ3n) is 5.16. The first kappa shape index (κ1) is 22.0. The predicted molar refractivity (Wildman–Crippen MR) is 118 cm³/mol. The van der Waals surface area contributed by atoms with Crippen LogP contribution < -0.4 is 5.32 Å². The molecular formula is C23H25ClFN3O2. The van der Waals surface area contributed by atoms with Crippen LogP contribution in [0.25, 0.3) is 6.08 Å². The topological polar surface area (TPSA) is 52.7 Å².